The van der Waals surface area contributed by atoms with Crippen molar-refractivity contribution in [2.75, 3.05) is 20.1 Å². The molecule has 0 aromatic heterocycles. The molecule has 2 radical (unpaired) electrons. The number of piperidine rings is 1. The number of fused-ring (bicyclic) bond motifs is 1. The standard InChI is InChI=1S/C18H24BNO/c1-20-9-8-18-7-3-2-4-15(18)17(20)10-13-5-6-14(21-12-19)11-16(13)18/h5-6,11,15,17H,2-4,7-10,12H2,1H3/t15?,17-,18-/m0/s1. The van der Waals surface area contributed by atoms with Crippen molar-refractivity contribution in [1.29, 1.82) is 0 Å². The van der Waals surface area contributed by atoms with E-state index in [4.69, 9.17) is 12.6 Å². The summed E-state index contributed by atoms with van der Waals surface area (Å²) in [7, 11) is 7.88. The van der Waals surface area contributed by atoms with Crippen LogP contribution in [0.5, 0.6) is 5.75 Å². The van der Waals surface area contributed by atoms with Crippen LogP contribution in [0.2, 0.25) is 0 Å². The molecule has 0 N–H and O–H groups in total. The van der Waals surface area contributed by atoms with Gasteiger partial charge in [-0.3, -0.25) is 0 Å². The van der Waals surface area contributed by atoms with Gasteiger partial charge in [0.25, 0.3) is 0 Å². The third-order valence-electron chi connectivity index (χ3n) is 6.34. The molecule has 1 aliphatic heterocycles. The third kappa shape index (κ3) is 1.97. The van der Waals surface area contributed by atoms with Gasteiger partial charge in [-0.2, -0.15) is 0 Å². The lowest BCUT2D eigenvalue weighted by Crippen LogP contribution is -2.59. The lowest BCUT2D eigenvalue weighted by molar-refractivity contribution is 0.00273. The Morgan fingerprint density at radius 2 is 2.24 bits per heavy atom. The fraction of sp³-hybridized carbons (Fsp3) is 0.667. The number of hydrogen-bond donors (Lipinski definition) is 0. The van der Waals surface area contributed by atoms with Gasteiger partial charge >= 0.3 is 0 Å². The zero-order chi connectivity index (χ0) is 14.4. The molecule has 1 aromatic rings. The Morgan fingerprint density at radius 1 is 1.33 bits per heavy atom. The number of likely N-dealkylation sites (tertiary alicyclic amines) is 1. The van der Waals surface area contributed by atoms with Crippen LogP contribution in [0.3, 0.4) is 0 Å². The first-order chi connectivity index (χ1) is 10.2. The van der Waals surface area contributed by atoms with Crippen molar-refractivity contribution in [3.05, 3.63) is 29.3 Å². The highest BCUT2D eigenvalue weighted by Crippen LogP contribution is 2.55. The van der Waals surface area contributed by atoms with Crippen LogP contribution in [0.15, 0.2) is 18.2 Å². The normalized spacial score (nSPS) is 34.9. The van der Waals surface area contributed by atoms with Crippen LogP contribution in [-0.4, -0.2) is 38.9 Å². The molecule has 1 saturated carbocycles. The van der Waals surface area contributed by atoms with E-state index >= 15 is 0 Å². The molecular formula is C18H24BNO. The summed E-state index contributed by atoms with van der Waals surface area (Å²) in [6.45, 7) is 1.50. The summed E-state index contributed by atoms with van der Waals surface area (Å²) >= 11 is 0. The van der Waals surface area contributed by atoms with Gasteiger partial charge in [0.05, 0.1) is 0 Å². The molecule has 110 valence electrons. The molecule has 3 atom stereocenters. The molecule has 1 aromatic carbocycles. The largest absolute Gasteiger partial charge is 0.504 e. The van der Waals surface area contributed by atoms with Gasteiger partial charge in [-0.25, -0.2) is 0 Å². The lowest BCUT2D eigenvalue weighted by atomic mass is 9.52. The van der Waals surface area contributed by atoms with E-state index in [2.05, 4.69) is 30.1 Å². The van der Waals surface area contributed by atoms with E-state index in [1.165, 1.54) is 45.1 Å². The molecule has 21 heavy (non-hydrogen) atoms. The first-order valence-corrected chi connectivity index (χ1v) is 8.41. The quantitative estimate of drug-likeness (QED) is 0.773. The van der Waals surface area contributed by atoms with Gasteiger partial charge in [0.2, 0.25) is 0 Å². The number of rotatable bonds is 2. The molecule has 1 heterocycles. The van der Waals surface area contributed by atoms with E-state index < -0.39 is 0 Å². The average molecular weight is 281 g/mol. The van der Waals surface area contributed by atoms with Crippen LogP contribution in [0.4, 0.5) is 0 Å². The molecule has 3 aliphatic rings. The summed E-state index contributed by atoms with van der Waals surface area (Å²) in [5.41, 5.74) is 3.55. The SMILES string of the molecule is [B]COc1ccc2c(c1)[C@]13CCCCC1[C@H](C2)N(C)CC3. The Morgan fingerprint density at radius 3 is 3.10 bits per heavy atom. The predicted octanol–water partition coefficient (Wildman–Crippen LogP) is 2.88. The molecule has 1 saturated heterocycles. The first-order valence-electron chi connectivity index (χ1n) is 8.41. The Kier molecular flexibility index (Phi) is 3.29. The van der Waals surface area contributed by atoms with Gasteiger partial charge in [-0.05, 0) is 68.5 Å². The molecule has 2 bridgehead atoms. The second kappa shape index (κ2) is 5.05. The fourth-order valence-electron chi connectivity index (χ4n) is 5.36. The number of hydrogen-bond acceptors (Lipinski definition) is 2. The van der Waals surface area contributed by atoms with Crippen LogP contribution in [0, 0.1) is 5.92 Å². The van der Waals surface area contributed by atoms with E-state index in [0.29, 0.717) is 5.41 Å². The van der Waals surface area contributed by atoms with Gasteiger partial charge in [0.15, 0.2) is 0 Å². The van der Waals surface area contributed by atoms with Crippen molar-refractivity contribution in [2.24, 2.45) is 5.92 Å². The van der Waals surface area contributed by atoms with Crippen LogP contribution >= 0.6 is 0 Å². The average Bonchev–Trinajstić information content (AvgIpc) is 2.52. The van der Waals surface area contributed by atoms with E-state index in [-0.39, 0.29) is 6.51 Å². The second-order valence-corrected chi connectivity index (χ2v) is 7.14. The molecule has 0 amide bonds. The smallest absolute Gasteiger partial charge is 0.122 e. The third-order valence-corrected chi connectivity index (χ3v) is 6.34. The summed E-state index contributed by atoms with van der Waals surface area (Å²) in [6.07, 6.45) is 8.07. The summed E-state index contributed by atoms with van der Waals surface area (Å²) in [5, 5.41) is 0. The van der Waals surface area contributed by atoms with Crippen LogP contribution in [0.1, 0.15) is 43.2 Å². The summed E-state index contributed by atoms with van der Waals surface area (Å²) < 4.78 is 5.57. The Hall–Kier alpha value is -0.955. The Labute approximate surface area is 129 Å². The number of likely N-dealkylation sites (N-methyl/N-ethyl adjacent to an activating group) is 1. The molecular weight excluding hydrogens is 257 g/mol. The van der Waals surface area contributed by atoms with Gasteiger partial charge in [-0.1, -0.05) is 18.9 Å². The number of benzene rings is 1. The first kappa shape index (κ1) is 13.7. The highest BCUT2D eigenvalue weighted by molar-refractivity contribution is 6.08. The molecule has 0 spiro atoms. The molecule has 3 heteroatoms. The number of ether oxygens (including phenoxy) is 1. The van der Waals surface area contributed by atoms with Crippen LogP contribution in [0.25, 0.3) is 0 Å². The highest BCUT2D eigenvalue weighted by Gasteiger charge is 2.53. The van der Waals surface area contributed by atoms with E-state index in [0.717, 1.165) is 17.7 Å². The predicted molar refractivity (Wildman–Crippen MR) is 86.1 cm³/mol. The highest BCUT2D eigenvalue weighted by atomic mass is 16.5. The van der Waals surface area contributed by atoms with Crippen molar-refractivity contribution in [3.63, 3.8) is 0 Å². The monoisotopic (exact) mass is 281 g/mol. The minimum Gasteiger partial charge on any atom is -0.504 e. The number of nitrogens with zero attached hydrogens (tertiary/aromatic N) is 1. The topological polar surface area (TPSA) is 12.5 Å². The van der Waals surface area contributed by atoms with Crippen LogP contribution in [-0.2, 0) is 11.8 Å². The van der Waals surface area contributed by atoms with Gasteiger partial charge in [0, 0.05) is 18.0 Å². The van der Waals surface area contributed by atoms with Crippen molar-refractivity contribution < 1.29 is 4.74 Å². The lowest BCUT2D eigenvalue weighted by Gasteiger charge is -2.58. The van der Waals surface area contributed by atoms with Crippen LogP contribution < -0.4 is 4.74 Å². The summed E-state index contributed by atoms with van der Waals surface area (Å²) in [6, 6.07) is 7.44. The Bertz CT molecular complexity index is 546. The zero-order valence-corrected chi connectivity index (χ0v) is 13.0. The fourth-order valence-corrected chi connectivity index (χ4v) is 5.36. The molecule has 2 fully saturated rings. The van der Waals surface area contributed by atoms with E-state index in [1.807, 2.05) is 0 Å². The van der Waals surface area contributed by atoms with Gasteiger partial charge in [0.1, 0.15) is 13.6 Å². The zero-order valence-electron chi connectivity index (χ0n) is 13.0. The minimum absolute atomic E-state index is 0.264. The van der Waals surface area contributed by atoms with Gasteiger partial charge < -0.3 is 9.64 Å². The van der Waals surface area contributed by atoms with Crippen molar-refractivity contribution in [2.45, 2.75) is 50.0 Å². The maximum Gasteiger partial charge on any atom is 0.122 e. The summed E-state index contributed by atoms with van der Waals surface area (Å²) in [4.78, 5) is 2.61. The summed E-state index contributed by atoms with van der Waals surface area (Å²) in [5.74, 6) is 1.79. The van der Waals surface area contributed by atoms with Crippen molar-refractivity contribution >= 4 is 7.85 Å². The second-order valence-electron chi connectivity index (χ2n) is 7.14. The van der Waals surface area contributed by atoms with Gasteiger partial charge in [-0.15, -0.1) is 0 Å². The molecule has 4 rings (SSSR count). The Balaban J connectivity index is 1.83. The molecule has 1 unspecified atom stereocenters. The minimum atomic E-state index is 0.264. The molecule has 2 aliphatic carbocycles. The molecule has 2 nitrogen and oxygen atoms in total. The van der Waals surface area contributed by atoms with Crippen molar-refractivity contribution in [1.82, 2.24) is 4.90 Å². The van der Waals surface area contributed by atoms with E-state index in [1.54, 1.807) is 11.1 Å². The maximum absolute atomic E-state index is 5.57. The maximum atomic E-state index is 5.57. The van der Waals surface area contributed by atoms with Crippen molar-refractivity contribution in [3.8, 4) is 5.75 Å². The van der Waals surface area contributed by atoms with E-state index in [9.17, 15) is 0 Å².